The van der Waals surface area contributed by atoms with E-state index in [1.807, 2.05) is 0 Å². The van der Waals surface area contributed by atoms with Crippen molar-refractivity contribution in [2.45, 2.75) is 64.8 Å². The third-order valence-corrected chi connectivity index (χ3v) is 3.88. The van der Waals surface area contributed by atoms with Crippen LogP contribution in [0.4, 0.5) is 0 Å². The highest BCUT2D eigenvalue weighted by atomic mass is 127. The van der Waals surface area contributed by atoms with Crippen LogP contribution in [0.3, 0.4) is 0 Å². The molecule has 1 aromatic heterocycles. The van der Waals surface area contributed by atoms with Gasteiger partial charge in [0.05, 0.1) is 6.54 Å². The SMILES string of the molecule is CCCCCCCCCCNC(=NC)NCc1ccc(C(N)=O)o1.I. The molecule has 0 saturated heterocycles. The average molecular weight is 464 g/mol. The molecule has 7 heteroatoms. The number of guanidine groups is 1. The quantitative estimate of drug-likeness (QED) is 0.190. The third kappa shape index (κ3) is 11.1. The first-order valence-electron chi connectivity index (χ1n) is 9.00. The number of aliphatic imine (C=N–C) groups is 1. The first kappa shape index (κ1) is 23.8. The Balaban J connectivity index is 0.00000576. The molecule has 25 heavy (non-hydrogen) atoms. The number of primary amides is 1. The number of hydrogen-bond donors (Lipinski definition) is 3. The maximum absolute atomic E-state index is 11.0. The minimum atomic E-state index is -0.557. The average Bonchev–Trinajstić information content (AvgIpc) is 3.05. The van der Waals surface area contributed by atoms with Crippen LogP contribution < -0.4 is 16.4 Å². The molecule has 1 amide bonds. The molecule has 6 nitrogen and oxygen atoms in total. The lowest BCUT2D eigenvalue weighted by atomic mass is 10.1. The van der Waals surface area contributed by atoms with Crippen LogP contribution in [0.2, 0.25) is 0 Å². The van der Waals surface area contributed by atoms with E-state index in [-0.39, 0.29) is 29.7 Å². The van der Waals surface area contributed by atoms with Crippen LogP contribution in [0.25, 0.3) is 0 Å². The summed E-state index contributed by atoms with van der Waals surface area (Å²) in [5.41, 5.74) is 5.16. The molecule has 0 fully saturated rings. The van der Waals surface area contributed by atoms with Crippen molar-refractivity contribution in [1.82, 2.24) is 10.6 Å². The summed E-state index contributed by atoms with van der Waals surface area (Å²) < 4.78 is 5.32. The van der Waals surface area contributed by atoms with Crippen LogP contribution in [0.1, 0.15) is 74.6 Å². The number of nitrogens with two attached hydrogens (primary N) is 1. The van der Waals surface area contributed by atoms with E-state index < -0.39 is 5.91 Å². The molecule has 0 aliphatic rings. The van der Waals surface area contributed by atoms with Crippen molar-refractivity contribution < 1.29 is 9.21 Å². The zero-order chi connectivity index (χ0) is 17.6. The number of carbonyl (C=O) groups is 1. The fourth-order valence-corrected chi connectivity index (χ4v) is 2.46. The lowest BCUT2D eigenvalue weighted by Gasteiger charge is -2.10. The molecule has 0 aromatic carbocycles. The Morgan fingerprint density at radius 1 is 1.08 bits per heavy atom. The molecule has 0 radical (unpaired) electrons. The Bertz CT molecular complexity index is 503. The van der Waals surface area contributed by atoms with Crippen molar-refractivity contribution in [3.05, 3.63) is 23.7 Å². The van der Waals surface area contributed by atoms with E-state index in [0.29, 0.717) is 12.3 Å². The molecule has 144 valence electrons. The number of rotatable bonds is 12. The second-order valence-electron chi connectivity index (χ2n) is 5.96. The van der Waals surface area contributed by atoms with Gasteiger partial charge in [0.25, 0.3) is 5.91 Å². The molecule has 0 saturated carbocycles. The molecule has 0 aliphatic carbocycles. The molecule has 0 bridgehead atoms. The van der Waals surface area contributed by atoms with Gasteiger partial charge >= 0.3 is 0 Å². The molecule has 4 N–H and O–H groups in total. The number of furan rings is 1. The third-order valence-electron chi connectivity index (χ3n) is 3.88. The van der Waals surface area contributed by atoms with Gasteiger partial charge in [-0.05, 0) is 18.6 Å². The Hall–Kier alpha value is -1.25. The largest absolute Gasteiger partial charge is 0.454 e. The van der Waals surface area contributed by atoms with Gasteiger partial charge in [0.2, 0.25) is 0 Å². The normalized spacial score (nSPS) is 11.0. The van der Waals surface area contributed by atoms with Gasteiger partial charge in [-0.3, -0.25) is 9.79 Å². The molecule has 0 unspecified atom stereocenters. The van der Waals surface area contributed by atoms with Crippen molar-refractivity contribution >= 4 is 35.8 Å². The lowest BCUT2D eigenvalue weighted by molar-refractivity contribution is 0.0972. The second kappa shape index (κ2) is 15.0. The molecule has 1 aromatic rings. The topological polar surface area (TPSA) is 92.6 Å². The Labute approximate surface area is 168 Å². The van der Waals surface area contributed by atoms with Crippen molar-refractivity contribution in [3.8, 4) is 0 Å². The number of nitrogens with zero attached hydrogens (tertiary/aromatic N) is 1. The van der Waals surface area contributed by atoms with E-state index in [1.54, 1.807) is 19.2 Å². The summed E-state index contributed by atoms with van der Waals surface area (Å²) in [6.45, 7) is 3.61. The van der Waals surface area contributed by atoms with E-state index in [1.165, 1.54) is 44.9 Å². The molecule has 1 heterocycles. The van der Waals surface area contributed by atoms with E-state index in [2.05, 4.69) is 22.5 Å². The number of nitrogens with one attached hydrogen (secondary N) is 2. The highest BCUT2D eigenvalue weighted by molar-refractivity contribution is 14.0. The summed E-state index contributed by atoms with van der Waals surface area (Å²) in [6, 6.07) is 3.31. The van der Waals surface area contributed by atoms with Crippen LogP contribution in [0.15, 0.2) is 21.5 Å². The van der Waals surface area contributed by atoms with Crippen molar-refractivity contribution in [2.75, 3.05) is 13.6 Å². The van der Waals surface area contributed by atoms with Gasteiger partial charge in [-0.2, -0.15) is 0 Å². The number of halogens is 1. The van der Waals surface area contributed by atoms with Crippen LogP contribution in [0.5, 0.6) is 0 Å². The minimum absolute atomic E-state index is 0. The molecule has 1 rings (SSSR count). The molecular formula is C18H33IN4O2. The minimum Gasteiger partial charge on any atom is -0.454 e. The summed E-state index contributed by atoms with van der Waals surface area (Å²) in [5, 5.41) is 6.44. The van der Waals surface area contributed by atoms with Gasteiger partial charge in [0, 0.05) is 13.6 Å². The number of amides is 1. The number of unbranched alkanes of at least 4 members (excludes halogenated alkanes) is 7. The zero-order valence-electron chi connectivity index (χ0n) is 15.5. The van der Waals surface area contributed by atoms with E-state index >= 15 is 0 Å². The summed E-state index contributed by atoms with van der Waals surface area (Å²) >= 11 is 0. The van der Waals surface area contributed by atoms with Crippen molar-refractivity contribution in [1.29, 1.82) is 0 Å². The summed E-state index contributed by atoms with van der Waals surface area (Å²) in [6.07, 6.45) is 10.4. The van der Waals surface area contributed by atoms with Gasteiger partial charge in [-0.15, -0.1) is 24.0 Å². The monoisotopic (exact) mass is 464 g/mol. The van der Waals surface area contributed by atoms with Crippen LogP contribution >= 0.6 is 24.0 Å². The maximum Gasteiger partial charge on any atom is 0.284 e. The lowest BCUT2D eigenvalue weighted by Crippen LogP contribution is -2.37. The number of carbonyl (C=O) groups excluding carboxylic acids is 1. The Kier molecular flexibility index (Phi) is 14.3. The van der Waals surface area contributed by atoms with Crippen LogP contribution in [-0.4, -0.2) is 25.5 Å². The van der Waals surface area contributed by atoms with Crippen LogP contribution in [-0.2, 0) is 6.54 Å². The first-order valence-corrected chi connectivity index (χ1v) is 9.00. The van der Waals surface area contributed by atoms with Gasteiger partial charge in [-0.25, -0.2) is 0 Å². The fraction of sp³-hybridized carbons (Fsp3) is 0.667. The smallest absolute Gasteiger partial charge is 0.284 e. The summed E-state index contributed by atoms with van der Waals surface area (Å²) in [5.74, 6) is 1.00. The number of hydrogen-bond acceptors (Lipinski definition) is 3. The van der Waals surface area contributed by atoms with Crippen molar-refractivity contribution in [2.24, 2.45) is 10.7 Å². The predicted molar refractivity (Wildman–Crippen MR) is 113 cm³/mol. The Morgan fingerprint density at radius 3 is 2.28 bits per heavy atom. The van der Waals surface area contributed by atoms with Gasteiger partial charge in [-0.1, -0.05) is 51.9 Å². The summed E-state index contributed by atoms with van der Waals surface area (Å²) in [4.78, 5) is 15.2. The van der Waals surface area contributed by atoms with E-state index in [4.69, 9.17) is 10.2 Å². The zero-order valence-corrected chi connectivity index (χ0v) is 17.8. The molecular weight excluding hydrogens is 431 g/mol. The fourth-order valence-electron chi connectivity index (χ4n) is 2.46. The second-order valence-corrected chi connectivity index (χ2v) is 5.96. The van der Waals surface area contributed by atoms with Crippen molar-refractivity contribution in [3.63, 3.8) is 0 Å². The van der Waals surface area contributed by atoms with Gasteiger partial charge < -0.3 is 20.8 Å². The summed E-state index contributed by atoms with van der Waals surface area (Å²) in [7, 11) is 1.74. The standard InChI is InChI=1S/C18H32N4O2.HI/c1-3-4-5-6-7-8-9-10-13-21-18(20-2)22-14-15-11-12-16(24-15)17(19)23;/h11-12H,3-10,13-14H2,1-2H3,(H2,19,23)(H2,20,21,22);1H. The van der Waals surface area contributed by atoms with E-state index in [9.17, 15) is 4.79 Å². The first-order chi connectivity index (χ1) is 11.7. The molecule has 0 aliphatic heterocycles. The molecule has 0 atom stereocenters. The Morgan fingerprint density at radius 2 is 1.72 bits per heavy atom. The predicted octanol–water partition coefficient (Wildman–Crippen LogP) is 3.80. The van der Waals surface area contributed by atoms with Gasteiger partial charge in [0.15, 0.2) is 11.7 Å². The highest BCUT2D eigenvalue weighted by Crippen LogP contribution is 2.08. The highest BCUT2D eigenvalue weighted by Gasteiger charge is 2.07. The maximum atomic E-state index is 11.0. The van der Waals surface area contributed by atoms with Gasteiger partial charge in [0.1, 0.15) is 5.76 Å². The van der Waals surface area contributed by atoms with Crippen LogP contribution in [0, 0.1) is 0 Å². The van der Waals surface area contributed by atoms with E-state index in [0.717, 1.165) is 18.9 Å². The molecule has 0 spiro atoms.